The second-order valence-electron chi connectivity index (χ2n) is 12.0. The highest BCUT2D eigenvalue weighted by Crippen LogP contribution is 2.45. The number of rotatable bonds is 6. The number of carbonyl (C=O) groups excluding carboxylic acids is 3. The van der Waals surface area contributed by atoms with Crippen LogP contribution in [0.15, 0.2) is 29.1 Å². The summed E-state index contributed by atoms with van der Waals surface area (Å²) in [6.45, 7) is 7.27. The van der Waals surface area contributed by atoms with Gasteiger partial charge >= 0.3 is 5.97 Å². The number of aliphatic hydroxyl groups is 1. The lowest BCUT2D eigenvalue weighted by molar-refractivity contribution is -0.172. The minimum atomic E-state index is -1.85. The first-order valence-electron chi connectivity index (χ1n) is 14.6. The summed E-state index contributed by atoms with van der Waals surface area (Å²) in [6.07, 6.45) is 2.58. The molecule has 6 rings (SSSR count). The molecule has 0 saturated carbocycles. The predicted octanol–water partition coefficient (Wildman–Crippen LogP) is 2.60. The Morgan fingerprint density at radius 2 is 1.81 bits per heavy atom. The number of nitrogens with two attached hydrogens (primary N) is 1. The third kappa shape index (κ3) is 4.15. The quantitative estimate of drug-likeness (QED) is 0.259. The summed E-state index contributed by atoms with van der Waals surface area (Å²) in [6, 6.07) is 6.22. The van der Waals surface area contributed by atoms with Gasteiger partial charge in [0.1, 0.15) is 12.6 Å². The molecule has 220 valence electrons. The molecule has 3 atom stereocenters. The molecule has 1 unspecified atom stereocenters. The fourth-order valence-corrected chi connectivity index (χ4v) is 6.56. The Morgan fingerprint density at radius 1 is 1.07 bits per heavy atom. The monoisotopic (exact) mass is 572 g/mol. The second kappa shape index (κ2) is 10.1. The van der Waals surface area contributed by atoms with E-state index in [-0.39, 0.29) is 36.3 Å². The average molecular weight is 573 g/mol. The molecule has 5 N–H and O–H groups in total. The SMILES string of the molecule is CC[C@@]1(O)C(=O)OCc2c1cc1n(c2=O)Cc2c-1cc1ccc(NC(=O)[C@H](C)NC(=O)C(N)C(C)C)c3c1c2CCC3. The molecule has 2 aliphatic heterocycles. The Bertz CT molecular complexity index is 1740. The summed E-state index contributed by atoms with van der Waals surface area (Å²) in [5, 5.41) is 19.0. The number of aryl methyl sites for hydroxylation is 2. The van der Waals surface area contributed by atoms with E-state index < -0.39 is 23.7 Å². The van der Waals surface area contributed by atoms with Crippen LogP contribution in [0.25, 0.3) is 22.0 Å². The van der Waals surface area contributed by atoms with Crippen LogP contribution in [0.3, 0.4) is 0 Å². The standard InChI is InChI=1S/C32H36N4O6/c1-5-32(41)23-12-25-20-11-17-9-10-24(35-28(37)16(4)34-29(38)27(33)15(2)3)19-8-6-7-18(26(17)19)21(20)13-36(25)30(39)22(23)14-42-31(32)40/h9-12,15-16,27,41H,5-8,13-14,33H2,1-4H3,(H,34,38)(H,35,37)/t16-,27?,32-/m0/s1. The highest BCUT2D eigenvalue weighted by Gasteiger charge is 2.45. The summed E-state index contributed by atoms with van der Waals surface area (Å²) < 4.78 is 6.91. The number of amides is 2. The maximum atomic E-state index is 13.6. The van der Waals surface area contributed by atoms with E-state index in [1.54, 1.807) is 24.5 Å². The van der Waals surface area contributed by atoms with E-state index in [0.29, 0.717) is 29.1 Å². The smallest absolute Gasteiger partial charge is 0.343 e. The molecule has 2 aromatic carbocycles. The van der Waals surface area contributed by atoms with Crippen molar-refractivity contribution in [3.8, 4) is 11.3 Å². The molecule has 0 spiro atoms. The maximum Gasteiger partial charge on any atom is 0.343 e. The van der Waals surface area contributed by atoms with Gasteiger partial charge in [-0.15, -0.1) is 0 Å². The van der Waals surface area contributed by atoms with Crippen LogP contribution in [-0.4, -0.2) is 39.5 Å². The number of pyridine rings is 1. The number of esters is 1. The number of carbonyl (C=O) groups is 3. The van der Waals surface area contributed by atoms with Gasteiger partial charge in [0.25, 0.3) is 5.56 Å². The molecule has 0 saturated heterocycles. The molecule has 1 aliphatic carbocycles. The van der Waals surface area contributed by atoms with Crippen molar-refractivity contribution in [3.63, 3.8) is 0 Å². The molecule has 1 aromatic heterocycles. The third-order valence-electron chi connectivity index (χ3n) is 9.16. The predicted molar refractivity (Wildman–Crippen MR) is 158 cm³/mol. The molecule has 10 heteroatoms. The van der Waals surface area contributed by atoms with Crippen molar-refractivity contribution in [1.82, 2.24) is 9.88 Å². The Morgan fingerprint density at radius 3 is 2.52 bits per heavy atom. The average Bonchev–Trinajstić information content (AvgIpc) is 3.35. The van der Waals surface area contributed by atoms with Crippen LogP contribution in [0.4, 0.5) is 5.69 Å². The maximum absolute atomic E-state index is 13.6. The van der Waals surface area contributed by atoms with Gasteiger partial charge in [-0.3, -0.25) is 14.4 Å². The summed E-state index contributed by atoms with van der Waals surface area (Å²) >= 11 is 0. The first-order chi connectivity index (χ1) is 20.0. The van der Waals surface area contributed by atoms with Crippen LogP contribution in [0, 0.1) is 5.92 Å². The third-order valence-corrected chi connectivity index (χ3v) is 9.16. The molecule has 0 radical (unpaired) electrons. The first-order valence-corrected chi connectivity index (χ1v) is 14.6. The van der Waals surface area contributed by atoms with Gasteiger partial charge in [0.2, 0.25) is 11.8 Å². The van der Waals surface area contributed by atoms with Crippen molar-refractivity contribution in [2.45, 2.75) is 84.2 Å². The number of ether oxygens (including phenoxy) is 1. The number of benzene rings is 2. The Balaban J connectivity index is 1.39. The normalized spacial score (nSPS) is 19.9. The lowest BCUT2D eigenvalue weighted by atomic mass is 9.82. The number of nitrogens with one attached hydrogen (secondary N) is 2. The number of nitrogens with zero attached hydrogens (tertiary/aromatic N) is 1. The van der Waals surface area contributed by atoms with E-state index in [1.165, 1.54) is 0 Å². The molecular formula is C32H36N4O6. The van der Waals surface area contributed by atoms with Crippen molar-refractivity contribution >= 4 is 34.2 Å². The van der Waals surface area contributed by atoms with E-state index in [4.69, 9.17) is 10.5 Å². The van der Waals surface area contributed by atoms with Gasteiger partial charge < -0.3 is 30.8 Å². The van der Waals surface area contributed by atoms with Crippen LogP contribution in [0.1, 0.15) is 68.4 Å². The van der Waals surface area contributed by atoms with Crippen LogP contribution >= 0.6 is 0 Å². The number of hydrogen-bond acceptors (Lipinski definition) is 7. The van der Waals surface area contributed by atoms with Gasteiger partial charge in [0, 0.05) is 16.8 Å². The zero-order valence-corrected chi connectivity index (χ0v) is 24.3. The molecule has 3 heterocycles. The summed E-state index contributed by atoms with van der Waals surface area (Å²) in [7, 11) is 0. The van der Waals surface area contributed by atoms with Crippen LogP contribution in [0.2, 0.25) is 0 Å². The van der Waals surface area contributed by atoms with E-state index in [0.717, 1.165) is 52.3 Å². The van der Waals surface area contributed by atoms with Gasteiger partial charge in [-0.2, -0.15) is 0 Å². The fraction of sp³-hybridized carbons (Fsp3) is 0.438. The van der Waals surface area contributed by atoms with Gasteiger partial charge in [0.05, 0.1) is 23.8 Å². The van der Waals surface area contributed by atoms with E-state index in [2.05, 4.69) is 16.7 Å². The summed E-state index contributed by atoms with van der Waals surface area (Å²) in [5.74, 6) is -1.47. The Kier molecular flexibility index (Phi) is 6.74. The molecule has 0 bridgehead atoms. The van der Waals surface area contributed by atoms with Crippen LogP contribution in [0.5, 0.6) is 0 Å². The van der Waals surface area contributed by atoms with Crippen molar-refractivity contribution in [2.75, 3.05) is 5.32 Å². The van der Waals surface area contributed by atoms with Gasteiger partial charge in [-0.05, 0) is 84.2 Å². The van der Waals surface area contributed by atoms with Crippen molar-refractivity contribution < 1.29 is 24.2 Å². The lowest BCUT2D eigenvalue weighted by Crippen LogP contribution is -2.50. The van der Waals surface area contributed by atoms with Crippen molar-refractivity contribution in [2.24, 2.45) is 11.7 Å². The van der Waals surface area contributed by atoms with E-state index in [9.17, 15) is 24.3 Å². The molecule has 42 heavy (non-hydrogen) atoms. The molecule has 2 amide bonds. The fourth-order valence-electron chi connectivity index (χ4n) is 6.56. The Hall–Kier alpha value is -4.02. The minimum absolute atomic E-state index is 0.0496. The molecule has 3 aromatic rings. The van der Waals surface area contributed by atoms with E-state index in [1.807, 2.05) is 26.0 Å². The van der Waals surface area contributed by atoms with Gasteiger partial charge in [-0.1, -0.05) is 26.8 Å². The number of aromatic nitrogens is 1. The number of hydrogen-bond donors (Lipinski definition) is 4. The van der Waals surface area contributed by atoms with E-state index >= 15 is 0 Å². The zero-order chi connectivity index (χ0) is 30.1. The summed E-state index contributed by atoms with van der Waals surface area (Å²) in [4.78, 5) is 51.6. The van der Waals surface area contributed by atoms with Crippen LogP contribution < -0.4 is 21.9 Å². The number of anilines is 1. The van der Waals surface area contributed by atoms with Gasteiger partial charge in [0.15, 0.2) is 5.60 Å². The number of fused-ring (bicyclic) bond motifs is 5. The summed E-state index contributed by atoms with van der Waals surface area (Å²) in [5.41, 5.74) is 9.99. The largest absolute Gasteiger partial charge is 0.458 e. The molecule has 10 nitrogen and oxygen atoms in total. The molecule has 3 aliphatic rings. The lowest BCUT2D eigenvalue weighted by Gasteiger charge is -2.31. The van der Waals surface area contributed by atoms with Crippen molar-refractivity contribution in [3.05, 3.63) is 62.4 Å². The zero-order valence-electron chi connectivity index (χ0n) is 24.3. The van der Waals surface area contributed by atoms with Gasteiger partial charge in [-0.25, -0.2) is 4.79 Å². The molecule has 0 fully saturated rings. The highest BCUT2D eigenvalue weighted by molar-refractivity contribution is 6.03. The molecular weight excluding hydrogens is 536 g/mol. The first kappa shape index (κ1) is 28.1. The number of cyclic esters (lactones) is 1. The van der Waals surface area contributed by atoms with Crippen molar-refractivity contribution in [1.29, 1.82) is 0 Å². The second-order valence-corrected chi connectivity index (χ2v) is 12.0. The highest BCUT2D eigenvalue weighted by atomic mass is 16.6. The Labute approximate surface area is 243 Å². The minimum Gasteiger partial charge on any atom is -0.458 e. The van der Waals surface area contributed by atoms with Crippen LogP contribution in [-0.2, 0) is 50.7 Å². The topological polar surface area (TPSA) is 153 Å².